The first-order chi connectivity index (χ1) is 17.8. The third kappa shape index (κ3) is 7.67. The van der Waals surface area contributed by atoms with E-state index in [1.165, 1.54) is 30.5 Å². The summed E-state index contributed by atoms with van der Waals surface area (Å²) in [4.78, 5) is 27.9. The Morgan fingerprint density at radius 2 is 1.66 bits per heavy atom. The molecule has 3 rings (SSSR count). The smallest absolute Gasteiger partial charge is 0.410 e. The zero-order chi connectivity index (χ0) is 28.1. The number of esters is 1. The summed E-state index contributed by atoms with van der Waals surface area (Å²) in [5, 5.41) is 0. The van der Waals surface area contributed by atoms with E-state index in [-0.39, 0.29) is 29.5 Å². The van der Waals surface area contributed by atoms with E-state index in [1.54, 1.807) is 17.0 Å². The van der Waals surface area contributed by atoms with Crippen LogP contribution in [0.4, 0.5) is 14.9 Å². The highest BCUT2D eigenvalue weighted by Gasteiger charge is 2.26. The Kier molecular flexibility index (Phi) is 9.37. The Balaban J connectivity index is 1.68. The maximum atomic E-state index is 14.7. The van der Waals surface area contributed by atoms with Gasteiger partial charge in [0.2, 0.25) is 10.0 Å². The summed E-state index contributed by atoms with van der Waals surface area (Å²) in [5.41, 5.74) is 1.06. The minimum atomic E-state index is -3.71. The van der Waals surface area contributed by atoms with Crippen LogP contribution in [-0.4, -0.2) is 74.9 Å². The van der Waals surface area contributed by atoms with E-state index in [4.69, 9.17) is 4.74 Å². The number of rotatable bonds is 8. The highest BCUT2D eigenvalue weighted by atomic mass is 32.2. The molecule has 1 heterocycles. The van der Waals surface area contributed by atoms with Crippen molar-refractivity contribution in [1.82, 2.24) is 9.80 Å². The van der Waals surface area contributed by atoms with Crippen LogP contribution in [-0.2, 0) is 32.6 Å². The largest absolute Gasteiger partial charge is 0.465 e. The van der Waals surface area contributed by atoms with Gasteiger partial charge in [0, 0.05) is 38.3 Å². The summed E-state index contributed by atoms with van der Waals surface area (Å²) in [5.74, 6) is -1.51. The molecule has 0 aromatic heterocycles. The van der Waals surface area contributed by atoms with Crippen LogP contribution in [0.1, 0.15) is 49.2 Å². The van der Waals surface area contributed by atoms with Gasteiger partial charge >= 0.3 is 12.1 Å². The number of amides is 1. The van der Waals surface area contributed by atoms with Crippen LogP contribution in [0.3, 0.4) is 0 Å². The second-order valence-corrected chi connectivity index (χ2v) is 12.3. The van der Waals surface area contributed by atoms with Crippen LogP contribution in [0.25, 0.3) is 0 Å². The fourth-order valence-electron chi connectivity index (χ4n) is 4.02. The number of benzene rings is 2. The normalized spacial score (nSPS) is 14.7. The number of ether oxygens (including phenoxy) is 2. The van der Waals surface area contributed by atoms with Gasteiger partial charge < -0.3 is 14.4 Å². The molecule has 11 heteroatoms. The van der Waals surface area contributed by atoms with Gasteiger partial charge in [0.1, 0.15) is 11.4 Å². The van der Waals surface area contributed by atoms with Crippen molar-refractivity contribution in [3.8, 4) is 0 Å². The molecule has 38 heavy (non-hydrogen) atoms. The quantitative estimate of drug-likeness (QED) is 0.459. The molecule has 208 valence electrons. The summed E-state index contributed by atoms with van der Waals surface area (Å²) in [6, 6.07) is 11.0. The topological polar surface area (TPSA) is 96.5 Å². The molecule has 2 aromatic carbocycles. The lowest BCUT2D eigenvalue weighted by atomic mass is 10.1. The zero-order valence-corrected chi connectivity index (χ0v) is 23.4. The van der Waals surface area contributed by atoms with Crippen molar-refractivity contribution in [2.45, 2.75) is 46.4 Å². The second-order valence-electron chi connectivity index (χ2n) is 10.1. The summed E-state index contributed by atoms with van der Waals surface area (Å²) in [6.07, 6.45) is -0.310. The Morgan fingerprint density at radius 1 is 1.03 bits per heavy atom. The van der Waals surface area contributed by atoms with E-state index >= 15 is 0 Å². The average molecular weight is 550 g/mol. The lowest BCUT2D eigenvalue weighted by molar-refractivity contribution is 0.0139. The standard InChI is InChI=1S/C27H36FN3O6S/c1-6-38(34,35)31(19-22-10-9-21(17-24(22)28)25(32)36-5)23-11-7-20(8-12-23)18-29-13-15-30(16-14-29)26(33)37-27(2,3)4/h7-12,17H,6,13-16,18-19H2,1-5H3. The Bertz CT molecular complexity index is 1240. The fraction of sp³-hybridized carbons (Fsp3) is 0.481. The van der Waals surface area contributed by atoms with Gasteiger partial charge in [-0.15, -0.1) is 0 Å². The Hall–Kier alpha value is -3.18. The van der Waals surface area contributed by atoms with Crippen molar-refractivity contribution >= 4 is 27.8 Å². The van der Waals surface area contributed by atoms with Crippen molar-refractivity contribution in [2.24, 2.45) is 0 Å². The molecule has 1 aliphatic heterocycles. The van der Waals surface area contributed by atoms with Crippen LogP contribution >= 0.6 is 0 Å². The Labute approximate surface area is 224 Å². The number of hydrogen-bond donors (Lipinski definition) is 0. The molecule has 0 aliphatic carbocycles. The van der Waals surface area contributed by atoms with Crippen LogP contribution in [0.2, 0.25) is 0 Å². The lowest BCUT2D eigenvalue weighted by Gasteiger charge is -2.35. The number of sulfonamides is 1. The van der Waals surface area contributed by atoms with Crippen LogP contribution < -0.4 is 4.31 Å². The van der Waals surface area contributed by atoms with Gasteiger partial charge in [0.25, 0.3) is 0 Å². The van der Waals surface area contributed by atoms with Gasteiger partial charge in [-0.3, -0.25) is 9.21 Å². The number of methoxy groups -OCH3 is 1. The van der Waals surface area contributed by atoms with Crippen molar-refractivity contribution in [2.75, 3.05) is 43.3 Å². The highest BCUT2D eigenvalue weighted by Crippen LogP contribution is 2.24. The van der Waals surface area contributed by atoms with E-state index in [1.807, 2.05) is 32.9 Å². The van der Waals surface area contributed by atoms with Gasteiger partial charge in [-0.1, -0.05) is 18.2 Å². The summed E-state index contributed by atoms with van der Waals surface area (Å²) in [7, 11) is -2.51. The van der Waals surface area contributed by atoms with E-state index in [2.05, 4.69) is 9.64 Å². The molecular weight excluding hydrogens is 513 g/mol. The van der Waals surface area contributed by atoms with Gasteiger partial charge in [-0.05, 0) is 57.5 Å². The molecule has 0 bridgehead atoms. The Morgan fingerprint density at radius 3 is 2.18 bits per heavy atom. The monoisotopic (exact) mass is 549 g/mol. The fourth-order valence-corrected chi connectivity index (χ4v) is 5.11. The van der Waals surface area contributed by atoms with E-state index in [9.17, 15) is 22.4 Å². The van der Waals surface area contributed by atoms with Gasteiger partial charge in [-0.2, -0.15) is 0 Å². The molecule has 0 radical (unpaired) electrons. The molecule has 0 saturated carbocycles. The van der Waals surface area contributed by atoms with Crippen LogP contribution in [0.15, 0.2) is 42.5 Å². The molecule has 9 nitrogen and oxygen atoms in total. The molecule has 1 amide bonds. The second kappa shape index (κ2) is 12.1. The maximum Gasteiger partial charge on any atom is 0.410 e. The molecule has 0 unspecified atom stereocenters. The number of carbonyl (C=O) groups excluding carboxylic acids is 2. The molecule has 2 aromatic rings. The maximum absolute atomic E-state index is 14.7. The number of nitrogens with zero attached hydrogens (tertiary/aromatic N) is 3. The lowest BCUT2D eigenvalue weighted by Crippen LogP contribution is -2.49. The van der Waals surface area contributed by atoms with Gasteiger partial charge in [0.05, 0.1) is 30.7 Å². The van der Waals surface area contributed by atoms with E-state index in [0.29, 0.717) is 38.4 Å². The minimum absolute atomic E-state index is 0.0509. The van der Waals surface area contributed by atoms with Crippen molar-refractivity contribution < 1.29 is 31.9 Å². The third-order valence-electron chi connectivity index (χ3n) is 6.14. The summed E-state index contributed by atoms with van der Waals surface area (Å²) in [6.45, 7) is 10.0. The van der Waals surface area contributed by atoms with Gasteiger partial charge in [-0.25, -0.2) is 22.4 Å². The molecule has 0 N–H and O–H groups in total. The van der Waals surface area contributed by atoms with Crippen molar-refractivity contribution in [1.29, 1.82) is 0 Å². The molecular formula is C27H36FN3O6S. The van der Waals surface area contributed by atoms with E-state index < -0.39 is 27.4 Å². The number of hydrogen-bond acceptors (Lipinski definition) is 7. The first-order valence-corrected chi connectivity index (χ1v) is 14.1. The predicted molar refractivity (Wildman–Crippen MR) is 143 cm³/mol. The van der Waals surface area contributed by atoms with Gasteiger partial charge in [0.15, 0.2) is 0 Å². The van der Waals surface area contributed by atoms with Crippen LogP contribution in [0.5, 0.6) is 0 Å². The van der Waals surface area contributed by atoms with Crippen molar-refractivity contribution in [3.63, 3.8) is 0 Å². The number of halogens is 1. The molecule has 1 saturated heterocycles. The van der Waals surface area contributed by atoms with Crippen LogP contribution in [0, 0.1) is 5.82 Å². The van der Waals surface area contributed by atoms with Crippen molar-refractivity contribution in [3.05, 3.63) is 65.0 Å². The summed E-state index contributed by atoms with van der Waals surface area (Å²) < 4.78 is 51.7. The molecule has 1 aliphatic rings. The highest BCUT2D eigenvalue weighted by molar-refractivity contribution is 7.92. The minimum Gasteiger partial charge on any atom is -0.465 e. The molecule has 0 spiro atoms. The number of carbonyl (C=O) groups is 2. The zero-order valence-electron chi connectivity index (χ0n) is 22.6. The molecule has 0 atom stereocenters. The average Bonchev–Trinajstić information content (AvgIpc) is 2.87. The number of anilines is 1. The molecule has 1 fully saturated rings. The SMILES string of the molecule is CCS(=O)(=O)N(Cc1ccc(C(=O)OC)cc1F)c1ccc(CN2CCN(C(=O)OC(C)(C)C)CC2)cc1. The first-order valence-electron chi connectivity index (χ1n) is 12.5. The van der Waals surface area contributed by atoms with E-state index in [0.717, 1.165) is 11.6 Å². The first kappa shape index (κ1) is 29.4. The number of piperazine rings is 1. The summed E-state index contributed by atoms with van der Waals surface area (Å²) >= 11 is 0. The third-order valence-corrected chi connectivity index (χ3v) is 7.88. The predicted octanol–water partition coefficient (Wildman–Crippen LogP) is 4.02.